The van der Waals surface area contributed by atoms with Gasteiger partial charge in [0.2, 0.25) is 0 Å². The molecule has 0 unspecified atom stereocenters. The molecular formula is C16H21NO4. The summed E-state index contributed by atoms with van der Waals surface area (Å²) in [6.45, 7) is 1.76. The third-order valence-corrected chi connectivity index (χ3v) is 3.59. The monoisotopic (exact) mass is 291 g/mol. The standard InChI is InChI=1S/C16H21NO4/c1-11(13-5-6-13)17-15(18)10-21-16(19)9-12-3-7-14(20-2)8-4-12/h3-4,7-8,11,13H,5-6,9-10H2,1-2H3,(H,17,18)/t11-/m0/s1. The second-order valence-electron chi connectivity index (χ2n) is 5.38. The van der Waals surface area contributed by atoms with Crippen molar-refractivity contribution >= 4 is 11.9 Å². The molecule has 0 heterocycles. The molecule has 0 aliphatic heterocycles. The van der Waals surface area contributed by atoms with Gasteiger partial charge in [0, 0.05) is 6.04 Å². The molecule has 0 spiro atoms. The number of methoxy groups -OCH3 is 1. The normalized spacial score (nSPS) is 15.1. The Morgan fingerprint density at radius 1 is 1.29 bits per heavy atom. The molecule has 5 heteroatoms. The van der Waals surface area contributed by atoms with E-state index in [-0.39, 0.29) is 25.0 Å². The lowest BCUT2D eigenvalue weighted by Gasteiger charge is -2.12. The zero-order valence-corrected chi connectivity index (χ0v) is 12.4. The van der Waals surface area contributed by atoms with Crippen LogP contribution in [0.1, 0.15) is 25.3 Å². The predicted molar refractivity (Wildman–Crippen MR) is 78.0 cm³/mol. The molecule has 2 rings (SSSR count). The quantitative estimate of drug-likeness (QED) is 0.777. The summed E-state index contributed by atoms with van der Waals surface area (Å²) in [5, 5.41) is 2.84. The van der Waals surface area contributed by atoms with Gasteiger partial charge in [-0.1, -0.05) is 12.1 Å². The Morgan fingerprint density at radius 3 is 2.52 bits per heavy atom. The maximum atomic E-state index is 11.7. The average molecular weight is 291 g/mol. The molecule has 1 aliphatic rings. The number of hydrogen-bond donors (Lipinski definition) is 1. The number of carbonyl (C=O) groups is 2. The minimum absolute atomic E-state index is 0.148. The van der Waals surface area contributed by atoms with Gasteiger partial charge in [-0.3, -0.25) is 9.59 Å². The minimum atomic E-state index is -0.408. The van der Waals surface area contributed by atoms with Crippen molar-refractivity contribution in [3.63, 3.8) is 0 Å². The molecule has 1 aliphatic carbocycles. The maximum absolute atomic E-state index is 11.7. The van der Waals surface area contributed by atoms with Crippen LogP contribution in [0.5, 0.6) is 5.75 Å². The third kappa shape index (κ3) is 5.10. The molecule has 0 bridgehead atoms. The first-order valence-electron chi connectivity index (χ1n) is 7.16. The molecule has 0 saturated heterocycles. The summed E-state index contributed by atoms with van der Waals surface area (Å²) in [7, 11) is 1.59. The number of benzene rings is 1. The molecule has 1 aromatic rings. The summed E-state index contributed by atoms with van der Waals surface area (Å²) in [6.07, 6.45) is 2.48. The molecule has 5 nitrogen and oxygen atoms in total. The fourth-order valence-electron chi connectivity index (χ4n) is 2.12. The van der Waals surface area contributed by atoms with Crippen molar-refractivity contribution in [3.8, 4) is 5.75 Å². The van der Waals surface area contributed by atoms with Crippen molar-refractivity contribution in [1.29, 1.82) is 0 Å². The van der Waals surface area contributed by atoms with Crippen LogP contribution in [0.2, 0.25) is 0 Å². The molecule has 1 fully saturated rings. The summed E-state index contributed by atoms with van der Waals surface area (Å²) >= 11 is 0. The molecule has 1 saturated carbocycles. The Balaban J connectivity index is 1.69. The Labute approximate surface area is 124 Å². The van der Waals surface area contributed by atoms with Crippen LogP contribution in [0.4, 0.5) is 0 Å². The van der Waals surface area contributed by atoms with Crippen LogP contribution in [0.15, 0.2) is 24.3 Å². The van der Waals surface area contributed by atoms with Gasteiger partial charge in [0.05, 0.1) is 13.5 Å². The molecule has 1 atom stereocenters. The van der Waals surface area contributed by atoms with E-state index in [1.807, 2.05) is 6.92 Å². The summed E-state index contributed by atoms with van der Waals surface area (Å²) < 4.78 is 10.0. The van der Waals surface area contributed by atoms with Gasteiger partial charge in [-0.05, 0) is 43.4 Å². The summed E-state index contributed by atoms with van der Waals surface area (Å²) in [5.41, 5.74) is 0.826. The van der Waals surface area contributed by atoms with Crippen molar-refractivity contribution in [2.45, 2.75) is 32.2 Å². The van der Waals surface area contributed by atoms with Crippen LogP contribution >= 0.6 is 0 Å². The van der Waals surface area contributed by atoms with Gasteiger partial charge in [-0.15, -0.1) is 0 Å². The van der Waals surface area contributed by atoms with E-state index in [0.29, 0.717) is 5.92 Å². The first kappa shape index (κ1) is 15.4. The molecule has 21 heavy (non-hydrogen) atoms. The third-order valence-electron chi connectivity index (χ3n) is 3.59. The summed E-state index contributed by atoms with van der Waals surface area (Å²) in [4.78, 5) is 23.3. The fraction of sp³-hybridized carbons (Fsp3) is 0.500. The Morgan fingerprint density at radius 2 is 1.95 bits per heavy atom. The SMILES string of the molecule is COc1ccc(CC(=O)OCC(=O)N[C@@H](C)C2CC2)cc1. The topological polar surface area (TPSA) is 64.6 Å². The molecule has 1 N–H and O–H groups in total. The zero-order valence-electron chi connectivity index (χ0n) is 12.4. The smallest absolute Gasteiger partial charge is 0.310 e. The van der Waals surface area contributed by atoms with E-state index >= 15 is 0 Å². The molecule has 0 radical (unpaired) electrons. The van der Waals surface area contributed by atoms with Crippen molar-refractivity contribution in [1.82, 2.24) is 5.32 Å². The first-order valence-corrected chi connectivity index (χ1v) is 7.16. The van der Waals surface area contributed by atoms with Crippen molar-refractivity contribution in [3.05, 3.63) is 29.8 Å². The highest BCUT2D eigenvalue weighted by Gasteiger charge is 2.28. The van der Waals surface area contributed by atoms with Crippen molar-refractivity contribution < 1.29 is 19.1 Å². The number of rotatable bonds is 7. The van der Waals surface area contributed by atoms with Crippen LogP contribution in [-0.4, -0.2) is 31.6 Å². The number of carbonyl (C=O) groups excluding carboxylic acids is 2. The van der Waals surface area contributed by atoms with Gasteiger partial charge in [0.25, 0.3) is 5.91 Å². The van der Waals surface area contributed by atoms with Crippen LogP contribution in [0, 0.1) is 5.92 Å². The lowest BCUT2D eigenvalue weighted by atomic mass is 10.1. The van der Waals surface area contributed by atoms with E-state index in [1.165, 1.54) is 12.8 Å². The van der Waals surface area contributed by atoms with Gasteiger partial charge in [0.1, 0.15) is 5.75 Å². The minimum Gasteiger partial charge on any atom is -0.497 e. The number of nitrogens with one attached hydrogen (secondary N) is 1. The second kappa shape index (κ2) is 7.11. The zero-order chi connectivity index (χ0) is 15.2. The maximum Gasteiger partial charge on any atom is 0.310 e. The Kier molecular flexibility index (Phi) is 5.20. The highest BCUT2D eigenvalue weighted by Crippen LogP contribution is 2.32. The van der Waals surface area contributed by atoms with E-state index in [0.717, 1.165) is 11.3 Å². The number of ether oxygens (including phenoxy) is 2. The number of hydrogen-bond acceptors (Lipinski definition) is 4. The lowest BCUT2D eigenvalue weighted by Crippen LogP contribution is -2.37. The molecule has 0 aromatic heterocycles. The molecular weight excluding hydrogens is 270 g/mol. The van der Waals surface area contributed by atoms with Gasteiger partial charge in [0.15, 0.2) is 6.61 Å². The first-order chi connectivity index (χ1) is 10.1. The van der Waals surface area contributed by atoms with Crippen molar-refractivity contribution in [2.75, 3.05) is 13.7 Å². The predicted octanol–water partition coefficient (Wildman–Crippen LogP) is 1.70. The van der Waals surface area contributed by atoms with Gasteiger partial charge >= 0.3 is 5.97 Å². The highest BCUT2D eigenvalue weighted by molar-refractivity contribution is 5.81. The molecule has 1 aromatic carbocycles. The Hall–Kier alpha value is -2.04. The van der Waals surface area contributed by atoms with Gasteiger partial charge in [-0.25, -0.2) is 0 Å². The van der Waals surface area contributed by atoms with E-state index in [2.05, 4.69) is 5.32 Å². The second-order valence-corrected chi connectivity index (χ2v) is 5.38. The lowest BCUT2D eigenvalue weighted by molar-refractivity contribution is -0.148. The van der Waals surface area contributed by atoms with E-state index in [4.69, 9.17) is 9.47 Å². The molecule has 114 valence electrons. The Bertz CT molecular complexity index is 494. The van der Waals surface area contributed by atoms with Crippen molar-refractivity contribution in [2.24, 2.45) is 5.92 Å². The van der Waals surface area contributed by atoms with E-state index in [1.54, 1.807) is 31.4 Å². The van der Waals surface area contributed by atoms with Crippen LogP contribution < -0.4 is 10.1 Å². The van der Waals surface area contributed by atoms with Gasteiger partial charge < -0.3 is 14.8 Å². The number of amides is 1. The summed E-state index contributed by atoms with van der Waals surface area (Å²) in [6, 6.07) is 7.34. The van der Waals surface area contributed by atoms with Crippen LogP contribution in [0.3, 0.4) is 0 Å². The van der Waals surface area contributed by atoms with E-state index in [9.17, 15) is 9.59 Å². The largest absolute Gasteiger partial charge is 0.497 e. The molecule has 1 amide bonds. The van der Waals surface area contributed by atoms with E-state index < -0.39 is 5.97 Å². The van der Waals surface area contributed by atoms with Gasteiger partial charge in [-0.2, -0.15) is 0 Å². The average Bonchev–Trinajstić information content (AvgIpc) is 3.30. The summed E-state index contributed by atoms with van der Waals surface area (Å²) in [5.74, 6) is 0.677. The van der Waals surface area contributed by atoms with Crippen LogP contribution in [-0.2, 0) is 20.7 Å². The van der Waals surface area contributed by atoms with Crippen LogP contribution in [0.25, 0.3) is 0 Å². The fourth-order valence-corrected chi connectivity index (χ4v) is 2.12. The number of esters is 1. The highest BCUT2D eigenvalue weighted by atomic mass is 16.5.